The molecule has 0 N–H and O–H groups in total. The van der Waals surface area contributed by atoms with Crippen LogP contribution >= 0.6 is 39.1 Å². The first-order valence-electron chi connectivity index (χ1n) is 5.96. The Hall–Kier alpha value is -0.590. The Morgan fingerprint density at radius 3 is 2.48 bits per heavy atom. The van der Waals surface area contributed by atoms with Crippen LogP contribution < -0.4 is 0 Å². The molecule has 0 aromatic heterocycles. The summed E-state index contributed by atoms with van der Waals surface area (Å²) in [7, 11) is -2.06. The zero-order valence-corrected chi connectivity index (χ0v) is 15.0. The average Bonchev–Trinajstić information content (AvgIpc) is 2.41. The van der Waals surface area contributed by atoms with E-state index in [2.05, 4.69) is 15.9 Å². The Labute approximate surface area is 142 Å². The third-order valence-corrected chi connectivity index (χ3v) is 6.14. The van der Waals surface area contributed by atoms with Gasteiger partial charge >= 0.3 is 0 Å². The normalized spacial score (nSPS) is 11.9. The molecule has 0 radical (unpaired) electrons. The van der Waals surface area contributed by atoms with Crippen LogP contribution in [-0.2, 0) is 16.6 Å². The molecule has 0 spiro atoms. The van der Waals surface area contributed by atoms with Gasteiger partial charge in [0.2, 0.25) is 10.0 Å². The Bertz CT molecular complexity index is 765. The van der Waals surface area contributed by atoms with Gasteiger partial charge in [-0.25, -0.2) is 8.42 Å². The first kappa shape index (κ1) is 16.8. The smallest absolute Gasteiger partial charge is 0.207 e. The van der Waals surface area contributed by atoms with Crippen LogP contribution in [0.4, 0.5) is 0 Å². The van der Waals surface area contributed by atoms with Crippen molar-refractivity contribution in [1.29, 1.82) is 0 Å². The van der Waals surface area contributed by atoms with Crippen LogP contribution in [-0.4, -0.2) is 19.8 Å². The SMILES string of the molecule is CN(Cc1cccc(Cl)c1)S(=O)(=O)c1ccc(Cl)c(Br)c1. The lowest BCUT2D eigenvalue weighted by molar-refractivity contribution is 0.466. The summed E-state index contributed by atoms with van der Waals surface area (Å²) in [5.41, 5.74) is 0.821. The molecule has 112 valence electrons. The zero-order valence-electron chi connectivity index (χ0n) is 11.1. The van der Waals surface area contributed by atoms with Crippen LogP contribution in [0.5, 0.6) is 0 Å². The van der Waals surface area contributed by atoms with Crippen LogP contribution in [0.2, 0.25) is 10.0 Å². The molecule has 0 saturated carbocycles. The maximum Gasteiger partial charge on any atom is 0.243 e. The van der Waals surface area contributed by atoms with Gasteiger partial charge in [0, 0.05) is 23.1 Å². The molecule has 0 atom stereocenters. The zero-order chi connectivity index (χ0) is 15.6. The van der Waals surface area contributed by atoms with Crippen molar-refractivity contribution >= 4 is 49.2 Å². The Kier molecular flexibility index (Phi) is 5.33. The van der Waals surface area contributed by atoms with E-state index >= 15 is 0 Å². The van der Waals surface area contributed by atoms with E-state index in [0.29, 0.717) is 14.5 Å². The summed E-state index contributed by atoms with van der Waals surface area (Å²) < 4.78 is 26.8. The highest BCUT2D eigenvalue weighted by molar-refractivity contribution is 9.10. The van der Waals surface area contributed by atoms with Gasteiger partial charge in [-0.3, -0.25) is 0 Å². The predicted octanol–water partition coefficient (Wildman–Crippen LogP) is 4.58. The van der Waals surface area contributed by atoms with E-state index in [1.165, 1.54) is 23.5 Å². The van der Waals surface area contributed by atoms with Crippen molar-refractivity contribution in [2.45, 2.75) is 11.4 Å². The third kappa shape index (κ3) is 3.99. The van der Waals surface area contributed by atoms with Crippen molar-refractivity contribution in [3.05, 3.63) is 62.5 Å². The number of halogens is 3. The lowest BCUT2D eigenvalue weighted by Crippen LogP contribution is -2.26. The second-order valence-electron chi connectivity index (χ2n) is 4.47. The minimum absolute atomic E-state index is 0.184. The van der Waals surface area contributed by atoms with Gasteiger partial charge in [0.15, 0.2) is 0 Å². The fraction of sp³-hybridized carbons (Fsp3) is 0.143. The molecule has 0 bridgehead atoms. The molecular weight excluding hydrogens is 397 g/mol. The minimum Gasteiger partial charge on any atom is -0.207 e. The van der Waals surface area contributed by atoms with E-state index < -0.39 is 10.0 Å². The number of hydrogen-bond donors (Lipinski definition) is 0. The molecule has 0 aliphatic rings. The second kappa shape index (κ2) is 6.67. The number of hydrogen-bond acceptors (Lipinski definition) is 2. The predicted molar refractivity (Wildman–Crippen MR) is 89.3 cm³/mol. The summed E-state index contributed by atoms with van der Waals surface area (Å²) in [6.45, 7) is 0.239. The lowest BCUT2D eigenvalue weighted by atomic mass is 10.2. The maximum atomic E-state index is 12.5. The monoisotopic (exact) mass is 407 g/mol. The van der Waals surface area contributed by atoms with Crippen LogP contribution in [0.3, 0.4) is 0 Å². The number of sulfonamides is 1. The van der Waals surface area contributed by atoms with E-state index in [-0.39, 0.29) is 11.4 Å². The molecule has 0 aliphatic carbocycles. The molecule has 2 aromatic rings. The molecule has 0 unspecified atom stereocenters. The Morgan fingerprint density at radius 1 is 1.14 bits per heavy atom. The van der Waals surface area contributed by atoms with Crippen LogP contribution in [0.1, 0.15) is 5.56 Å². The minimum atomic E-state index is -3.59. The molecular formula is C14H12BrCl2NO2S. The van der Waals surface area contributed by atoms with E-state index in [4.69, 9.17) is 23.2 Å². The number of nitrogens with zero attached hydrogens (tertiary/aromatic N) is 1. The largest absolute Gasteiger partial charge is 0.243 e. The van der Waals surface area contributed by atoms with Crippen molar-refractivity contribution in [2.75, 3.05) is 7.05 Å². The fourth-order valence-electron chi connectivity index (χ4n) is 1.79. The number of benzene rings is 2. The topological polar surface area (TPSA) is 37.4 Å². The molecule has 0 amide bonds. The van der Waals surface area contributed by atoms with Crippen molar-refractivity contribution in [3.8, 4) is 0 Å². The molecule has 21 heavy (non-hydrogen) atoms. The summed E-state index contributed by atoms with van der Waals surface area (Å²) >= 11 is 15.0. The average molecular weight is 409 g/mol. The Balaban J connectivity index is 2.28. The van der Waals surface area contributed by atoms with Gasteiger partial charge in [-0.1, -0.05) is 35.3 Å². The molecule has 0 saturated heterocycles. The molecule has 0 heterocycles. The van der Waals surface area contributed by atoms with Crippen molar-refractivity contribution in [1.82, 2.24) is 4.31 Å². The second-order valence-corrected chi connectivity index (χ2v) is 8.21. The summed E-state index contributed by atoms with van der Waals surface area (Å²) in [4.78, 5) is 0.184. The van der Waals surface area contributed by atoms with Crippen LogP contribution in [0.25, 0.3) is 0 Å². The number of rotatable bonds is 4. The summed E-state index contributed by atoms with van der Waals surface area (Å²) in [6, 6.07) is 11.6. The first-order valence-corrected chi connectivity index (χ1v) is 8.95. The van der Waals surface area contributed by atoms with Crippen molar-refractivity contribution in [2.24, 2.45) is 0 Å². The molecule has 2 rings (SSSR count). The summed E-state index contributed by atoms with van der Waals surface area (Å²) in [6.07, 6.45) is 0. The van der Waals surface area contributed by atoms with Gasteiger partial charge in [-0.15, -0.1) is 0 Å². The molecule has 2 aromatic carbocycles. The quantitative estimate of drug-likeness (QED) is 0.742. The van der Waals surface area contributed by atoms with Gasteiger partial charge in [-0.05, 0) is 51.8 Å². The molecule has 0 fully saturated rings. The van der Waals surface area contributed by atoms with Gasteiger partial charge in [0.05, 0.1) is 9.92 Å². The summed E-state index contributed by atoms with van der Waals surface area (Å²) in [5.74, 6) is 0. The molecule has 7 heteroatoms. The Morgan fingerprint density at radius 2 is 1.86 bits per heavy atom. The highest BCUT2D eigenvalue weighted by Gasteiger charge is 2.21. The first-order chi connectivity index (χ1) is 9.80. The molecule has 0 aliphatic heterocycles. The van der Waals surface area contributed by atoms with E-state index in [9.17, 15) is 8.42 Å². The maximum absolute atomic E-state index is 12.5. The molecule has 3 nitrogen and oxygen atoms in total. The van der Waals surface area contributed by atoms with E-state index in [0.717, 1.165) is 5.56 Å². The van der Waals surface area contributed by atoms with Crippen LogP contribution in [0.15, 0.2) is 51.8 Å². The van der Waals surface area contributed by atoms with E-state index in [1.807, 2.05) is 6.07 Å². The highest BCUT2D eigenvalue weighted by atomic mass is 79.9. The standard InChI is InChI=1S/C14H12BrCl2NO2S/c1-18(9-10-3-2-4-11(16)7-10)21(19,20)12-5-6-14(17)13(15)8-12/h2-8H,9H2,1H3. The van der Waals surface area contributed by atoms with E-state index in [1.54, 1.807) is 24.3 Å². The fourth-order valence-corrected chi connectivity index (χ4v) is 3.84. The lowest BCUT2D eigenvalue weighted by Gasteiger charge is -2.17. The summed E-state index contributed by atoms with van der Waals surface area (Å²) in [5, 5.41) is 1.04. The third-order valence-electron chi connectivity index (χ3n) is 2.89. The highest BCUT2D eigenvalue weighted by Crippen LogP contribution is 2.27. The van der Waals surface area contributed by atoms with Gasteiger partial charge in [-0.2, -0.15) is 4.31 Å². The van der Waals surface area contributed by atoms with Crippen molar-refractivity contribution in [3.63, 3.8) is 0 Å². The van der Waals surface area contributed by atoms with Gasteiger partial charge < -0.3 is 0 Å². The van der Waals surface area contributed by atoms with Crippen LogP contribution in [0, 0.1) is 0 Å². The van der Waals surface area contributed by atoms with Crippen molar-refractivity contribution < 1.29 is 8.42 Å². The van der Waals surface area contributed by atoms with Gasteiger partial charge in [0.1, 0.15) is 0 Å². The van der Waals surface area contributed by atoms with Gasteiger partial charge in [0.25, 0.3) is 0 Å².